The van der Waals surface area contributed by atoms with E-state index in [0.29, 0.717) is 6.61 Å². The lowest BCUT2D eigenvalue weighted by Gasteiger charge is -2.32. The van der Waals surface area contributed by atoms with Crippen molar-refractivity contribution in [2.24, 2.45) is 0 Å². The zero-order chi connectivity index (χ0) is 18.6. The molecule has 0 spiro atoms. The molecule has 0 radical (unpaired) electrons. The largest absolute Gasteiger partial charge is 0.466 e. The minimum atomic E-state index is -0.585. The topological polar surface area (TPSA) is 55.8 Å². The van der Waals surface area contributed by atoms with Crippen molar-refractivity contribution in [1.82, 2.24) is 4.90 Å². The van der Waals surface area contributed by atoms with Crippen molar-refractivity contribution in [3.8, 4) is 0 Å². The highest BCUT2D eigenvalue weighted by Crippen LogP contribution is 2.39. The van der Waals surface area contributed by atoms with Crippen molar-refractivity contribution < 1.29 is 19.1 Å². The SMILES string of the molecule is CCOC(=O)C[C@@H]1CC[C@H](c2ccc(Br)cc2)N1C(=O)OC(C)(C)C. The van der Waals surface area contributed by atoms with Gasteiger partial charge in [0, 0.05) is 10.5 Å². The van der Waals surface area contributed by atoms with Gasteiger partial charge >= 0.3 is 12.1 Å². The van der Waals surface area contributed by atoms with Crippen LogP contribution in [0.15, 0.2) is 28.7 Å². The van der Waals surface area contributed by atoms with Gasteiger partial charge in [-0.1, -0.05) is 28.1 Å². The van der Waals surface area contributed by atoms with Gasteiger partial charge in [0.2, 0.25) is 0 Å². The minimum absolute atomic E-state index is 0.0950. The van der Waals surface area contributed by atoms with Crippen LogP contribution in [0.1, 0.15) is 58.6 Å². The molecular weight excluding hydrogens is 386 g/mol. The normalized spacial score (nSPS) is 20.4. The number of likely N-dealkylation sites (tertiary alicyclic amines) is 1. The Labute approximate surface area is 157 Å². The number of carbonyl (C=O) groups excluding carboxylic acids is 2. The number of rotatable bonds is 4. The highest BCUT2D eigenvalue weighted by Gasteiger charge is 2.41. The molecule has 1 aromatic carbocycles. The van der Waals surface area contributed by atoms with Gasteiger partial charge in [-0.05, 0) is 58.2 Å². The Morgan fingerprint density at radius 1 is 1.20 bits per heavy atom. The molecule has 138 valence electrons. The van der Waals surface area contributed by atoms with Crippen molar-refractivity contribution in [2.45, 2.75) is 64.6 Å². The van der Waals surface area contributed by atoms with E-state index in [4.69, 9.17) is 9.47 Å². The molecule has 0 N–H and O–H groups in total. The molecule has 0 saturated carbocycles. The van der Waals surface area contributed by atoms with Crippen LogP contribution >= 0.6 is 15.9 Å². The zero-order valence-electron chi connectivity index (χ0n) is 15.3. The number of esters is 1. The number of ether oxygens (including phenoxy) is 2. The zero-order valence-corrected chi connectivity index (χ0v) is 16.8. The summed E-state index contributed by atoms with van der Waals surface area (Å²) >= 11 is 3.43. The first-order valence-electron chi connectivity index (χ1n) is 8.63. The van der Waals surface area contributed by atoms with Gasteiger partial charge in [-0.2, -0.15) is 0 Å². The molecule has 1 heterocycles. The summed E-state index contributed by atoms with van der Waals surface area (Å²) in [6.07, 6.45) is 1.36. The molecule has 0 unspecified atom stereocenters. The van der Waals surface area contributed by atoms with Crippen LogP contribution < -0.4 is 0 Å². The summed E-state index contributed by atoms with van der Waals surface area (Å²) in [5.41, 5.74) is 0.457. The van der Waals surface area contributed by atoms with Crippen molar-refractivity contribution >= 4 is 28.0 Å². The second-order valence-electron chi connectivity index (χ2n) is 7.20. The predicted octanol–water partition coefficient (Wildman–Crippen LogP) is 4.84. The fraction of sp³-hybridized carbons (Fsp3) is 0.579. The first-order valence-corrected chi connectivity index (χ1v) is 9.43. The van der Waals surface area contributed by atoms with Crippen LogP contribution in [0.4, 0.5) is 4.79 Å². The summed E-state index contributed by atoms with van der Waals surface area (Å²) in [5.74, 6) is -0.280. The standard InChI is InChI=1S/C19H26BrNO4/c1-5-24-17(22)12-15-10-11-16(13-6-8-14(20)9-7-13)21(15)18(23)25-19(2,3)4/h6-9,15-16H,5,10-12H2,1-4H3/t15-,16+/m0/s1. The summed E-state index contributed by atoms with van der Waals surface area (Å²) in [5, 5.41) is 0. The average Bonchev–Trinajstić information content (AvgIpc) is 2.90. The molecule has 1 amide bonds. The van der Waals surface area contributed by atoms with Crippen molar-refractivity contribution in [3.05, 3.63) is 34.3 Å². The maximum atomic E-state index is 12.8. The summed E-state index contributed by atoms with van der Waals surface area (Å²) in [6.45, 7) is 7.65. The molecule has 1 aromatic rings. The monoisotopic (exact) mass is 411 g/mol. The highest BCUT2D eigenvalue weighted by molar-refractivity contribution is 9.10. The van der Waals surface area contributed by atoms with Crippen LogP contribution in [-0.2, 0) is 14.3 Å². The number of carbonyl (C=O) groups is 2. The Balaban J connectivity index is 2.24. The molecule has 0 bridgehead atoms. The van der Waals surface area contributed by atoms with Gasteiger partial charge in [-0.3, -0.25) is 9.69 Å². The van der Waals surface area contributed by atoms with Gasteiger partial charge in [-0.15, -0.1) is 0 Å². The molecule has 1 fully saturated rings. The van der Waals surface area contributed by atoms with Gasteiger partial charge in [0.05, 0.1) is 19.1 Å². The van der Waals surface area contributed by atoms with E-state index in [1.165, 1.54) is 0 Å². The number of nitrogens with zero attached hydrogens (tertiary/aromatic N) is 1. The van der Waals surface area contributed by atoms with Crippen LogP contribution in [0.2, 0.25) is 0 Å². The average molecular weight is 412 g/mol. The first-order chi connectivity index (χ1) is 11.7. The van der Waals surface area contributed by atoms with Gasteiger partial charge in [0.25, 0.3) is 0 Å². The molecule has 1 aliphatic heterocycles. The quantitative estimate of drug-likeness (QED) is 0.664. The number of hydrogen-bond acceptors (Lipinski definition) is 4. The summed E-state index contributed by atoms with van der Waals surface area (Å²) in [7, 11) is 0. The number of benzene rings is 1. The number of amides is 1. The van der Waals surface area contributed by atoms with E-state index >= 15 is 0 Å². The van der Waals surface area contributed by atoms with Crippen molar-refractivity contribution in [3.63, 3.8) is 0 Å². The summed E-state index contributed by atoms with van der Waals surface area (Å²) in [6, 6.07) is 7.62. The molecule has 0 aromatic heterocycles. The lowest BCUT2D eigenvalue weighted by atomic mass is 10.0. The molecule has 2 atom stereocenters. The van der Waals surface area contributed by atoms with E-state index in [1.54, 1.807) is 11.8 Å². The van der Waals surface area contributed by atoms with Crippen LogP contribution in [0.25, 0.3) is 0 Å². The second-order valence-corrected chi connectivity index (χ2v) is 8.11. The van der Waals surface area contributed by atoms with Gasteiger partial charge in [0.1, 0.15) is 5.60 Å². The van der Waals surface area contributed by atoms with Crippen molar-refractivity contribution in [2.75, 3.05) is 6.61 Å². The number of hydrogen-bond donors (Lipinski definition) is 0. The van der Waals surface area contributed by atoms with Crippen molar-refractivity contribution in [1.29, 1.82) is 0 Å². The Hall–Kier alpha value is -1.56. The van der Waals surface area contributed by atoms with E-state index < -0.39 is 5.60 Å². The molecular formula is C19H26BrNO4. The molecule has 1 saturated heterocycles. The third-order valence-electron chi connectivity index (χ3n) is 4.07. The second kappa shape index (κ2) is 8.21. The van der Waals surface area contributed by atoms with E-state index in [2.05, 4.69) is 15.9 Å². The molecule has 0 aliphatic carbocycles. The first kappa shape index (κ1) is 19.8. The van der Waals surface area contributed by atoms with Crippen LogP contribution in [0, 0.1) is 0 Å². The predicted molar refractivity (Wildman–Crippen MR) is 99.2 cm³/mol. The van der Waals surface area contributed by atoms with Crippen LogP contribution in [0.3, 0.4) is 0 Å². The maximum Gasteiger partial charge on any atom is 0.411 e. The Morgan fingerprint density at radius 2 is 1.84 bits per heavy atom. The van der Waals surface area contributed by atoms with E-state index in [0.717, 1.165) is 22.9 Å². The Bertz CT molecular complexity index is 609. The highest BCUT2D eigenvalue weighted by atomic mass is 79.9. The minimum Gasteiger partial charge on any atom is -0.466 e. The van der Waals surface area contributed by atoms with E-state index in [1.807, 2.05) is 45.0 Å². The molecule has 2 rings (SSSR count). The van der Waals surface area contributed by atoms with Crippen LogP contribution in [-0.4, -0.2) is 35.2 Å². The molecule has 6 heteroatoms. The Kier molecular flexibility index (Phi) is 6.49. The third-order valence-corrected chi connectivity index (χ3v) is 4.60. The van der Waals surface area contributed by atoms with Gasteiger partial charge in [-0.25, -0.2) is 4.79 Å². The summed E-state index contributed by atoms with van der Waals surface area (Å²) in [4.78, 5) is 26.5. The number of halogens is 1. The molecule has 5 nitrogen and oxygen atoms in total. The fourth-order valence-corrected chi connectivity index (χ4v) is 3.36. The third kappa shape index (κ3) is 5.46. The molecule has 25 heavy (non-hydrogen) atoms. The van der Waals surface area contributed by atoms with E-state index in [-0.39, 0.29) is 30.6 Å². The fourth-order valence-electron chi connectivity index (χ4n) is 3.10. The molecule has 1 aliphatic rings. The van der Waals surface area contributed by atoms with Gasteiger partial charge < -0.3 is 9.47 Å². The lowest BCUT2D eigenvalue weighted by molar-refractivity contribution is -0.144. The summed E-state index contributed by atoms with van der Waals surface area (Å²) < 4.78 is 11.6. The Morgan fingerprint density at radius 3 is 2.40 bits per heavy atom. The van der Waals surface area contributed by atoms with Crippen LogP contribution in [0.5, 0.6) is 0 Å². The van der Waals surface area contributed by atoms with Gasteiger partial charge in [0.15, 0.2) is 0 Å². The van der Waals surface area contributed by atoms with E-state index in [9.17, 15) is 9.59 Å². The maximum absolute atomic E-state index is 12.8. The smallest absolute Gasteiger partial charge is 0.411 e. The lowest BCUT2D eigenvalue weighted by Crippen LogP contribution is -2.42.